The van der Waals surface area contributed by atoms with E-state index in [2.05, 4.69) is 17.2 Å². The SMILES string of the molecule is COc1ccc(NC2CCOC2C)cn1. The standard InChI is InChI=1S/C11H16N2O2/c1-8-10(5-6-15-8)13-9-3-4-11(14-2)12-7-9/h3-4,7-8,10,13H,5-6H2,1-2H3. The number of hydrogen-bond acceptors (Lipinski definition) is 4. The number of aromatic nitrogens is 1. The maximum atomic E-state index is 5.47. The maximum Gasteiger partial charge on any atom is 0.213 e. The van der Waals surface area contributed by atoms with Gasteiger partial charge in [0.05, 0.1) is 31.1 Å². The molecule has 0 aromatic carbocycles. The van der Waals surface area contributed by atoms with Crippen LogP contribution in [0.25, 0.3) is 0 Å². The summed E-state index contributed by atoms with van der Waals surface area (Å²) in [6, 6.07) is 4.21. The van der Waals surface area contributed by atoms with E-state index in [1.54, 1.807) is 13.3 Å². The number of rotatable bonds is 3. The van der Waals surface area contributed by atoms with Gasteiger partial charge >= 0.3 is 0 Å². The highest BCUT2D eigenvalue weighted by Gasteiger charge is 2.23. The molecule has 1 aliphatic rings. The van der Waals surface area contributed by atoms with Crippen LogP contribution in [-0.4, -0.2) is 30.8 Å². The minimum atomic E-state index is 0.270. The van der Waals surface area contributed by atoms with Gasteiger partial charge in [-0.1, -0.05) is 0 Å². The Morgan fingerprint density at radius 1 is 1.53 bits per heavy atom. The van der Waals surface area contributed by atoms with Gasteiger partial charge in [-0.15, -0.1) is 0 Å². The fraction of sp³-hybridized carbons (Fsp3) is 0.545. The summed E-state index contributed by atoms with van der Waals surface area (Å²) in [5, 5.41) is 3.40. The van der Waals surface area contributed by atoms with Gasteiger partial charge in [-0.05, 0) is 19.4 Å². The molecule has 0 radical (unpaired) electrons. The fourth-order valence-electron chi connectivity index (χ4n) is 1.72. The molecule has 82 valence electrons. The average Bonchev–Trinajstić information content (AvgIpc) is 2.66. The lowest BCUT2D eigenvalue weighted by Crippen LogP contribution is -2.26. The number of hydrogen-bond donors (Lipinski definition) is 1. The summed E-state index contributed by atoms with van der Waals surface area (Å²) in [4.78, 5) is 4.14. The Morgan fingerprint density at radius 3 is 2.93 bits per heavy atom. The molecule has 0 saturated carbocycles. The Labute approximate surface area is 89.6 Å². The Bertz CT molecular complexity index is 313. The molecule has 1 fully saturated rings. The van der Waals surface area contributed by atoms with E-state index in [4.69, 9.17) is 9.47 Å². The second kappa shape index (κ2) is 4.49. The van der Waals surface area contributed by atoms with Crippen molar-refractivity contribution in [3.63, 3.8) is 0 Å². The molecule has 1 aliphatic heterocycles. The van der Waals surface area contributed by atoms with Crippen molar-refractivity contribution < 1.29 is 9.47 Å². The zero-order valence-corrected chi connectivity index (χ0v) is 9.06. The number of nitrogens with one attached hydrogen (secondary N) is 1. The van der Waals surface area contributed by atoms with Crippen molar-refractivity contribution in [1.29, 1.82) is 0 Å². The van der Waals surface area contributed by atoms with Gasteiger partial charge in [-0.25, -0.2) is 4.98 Å². The number of anilines is 1. The third-order valence-corrected chi connectivity index (χ3v) is 2.67. The maximum absolute atomic E-state index is 5.47. The van der Waals surface area contributed by atoms with E-state index < -0.39 is 0 Å². The van der Waals surface area contributed by atoms with Crippen LogP contribution in [0.15, 0.2) is 18.3 Å². The van der Waals surface area contributed by atoms with Crippen molar-refractivity contribution in [2.75, 3.05) is 19.0 Å². The molecule has 0 bridgehead atoms. The number of methoxy groups -OCH3 is 1. The lowest BCUT2D eigenvalue weighted by molar-refractivity contribution is 0.121. The molecule has 0 spiro atoms. The van der Waals surface area contributed by atoms with Gasteiger partial charge < -0.3 is 14.8 Å². The number of pyridine rings is 1. The van der Waals surface area contributed by atoms with E-state index in [1.165, 1.54) is 0 Å². The molecule has 1 aromatic rings. The predicted octanol–water partition coefficient (Wildman–Crippen LogP) is 1.68. The Morgan fingerprint density at radius 2 is 2.40 bits per heavy atom. The molecule has 2 rings (SSSR count). The predicted molar refractivity (Wildman–Crippen MR) is 58.2 cm³/mol. The molecule has 1 saturated heterocycles. The number of nitrogens with zero attached hydrogens (tertiary/aromatic N) is 1. The summed E-state index contributed by atoms with van der Waals surface area (Å²) >= 11 is 0. The molecule has 1 N–H and O–H groups in total. The second-order valence-corrected chi connectivity index (χ2v) is 3.70. The van der Waals surface area contributed by atoms with Crippen LogP contribution in [0.3, 0.4) is 0 Å². The van der Waals surface area contributed by atoms with Crippen LogP contribution in [0, 0.1) is 0 Å². The Hall–Kier alpha value is -1.29. The van der Waals surface area contributed by atoms with Gasteiger partial charge in [0.1, 0.15) is 0 Å². The van der Waals surface area contributed by atoms with E-state index in [0.29, 0.717) is 11.9 Å². The second-order valence-electron chi connectivity index (χ2n) is 3.70. The van der Waals surface area contributed by atoms with Gasteiger partial charge in [0, 0.05) is 12.7 Å². The normalized spacial score (nSPS) is 25.2. The van der Waals surface area contributed by atoms with Crippen LogP contribution < -0.4 is 10.1 Å². The minimum Gasteiger partial charge on any atom is -0.481 e. The molecule has 2 heterocycles. The smallest absolute Gasteiger partial charge is 0.213 e. The van der Waals surface area contributed by atoms with Gasteiger partial charge in [0.25, 0.3) is 0 Å². The van der Waals surface area contributed by atoms with Crippen LogP contribution in [0.1, 0.15) is 13.3 Å². The van der Waals surface area contributed by atoms with Crippen LogP contribution in [0.2, 0.25) is 0 Å². The molecule has 2 atom stereocenters. The molecule has 15 heavy (non-hydrogen) atoms. The van der Waals surface area contributed by atoms with E-state index in [0.717, 1.165) is 18.7 Å². The third-order valence-electron chi connectivity index (χ3n) is 2.67. The first kappa shape index (κ1) is 10.2. The molecular weight excluding hydrogens is 192 g/mol. The molecule has 0 aliphatic carbocycles. The molecule has 1 aromatic heterocycles. The van der Waals surface area contributed by atoms with Gasteiger partial charge in [0.15, 0.2) is 0 Å². The van der Waals surface area contributed by atoms with Crippen LogP contribution in [0.4, 0.5) is 5.69 Å². The third kappa shape index (κ3) is 2.39. The van der Waals surface area contributed by atoms with Crippen molar-refractivity contribution in [3.8, 4) is 5.88 Å². The van der Waals surface area contributed by atoms with E-state index >= 15 is 0 Å². The van der Waals surface area contributed by atoms with Gasteiger partial charge in [-0.3, -0.25) is 0 Å². The zero-order valence-electron chi connectivity index (χ0n) is 9.06. The van der Waals surface area contributed by atoms with Gasteiger partial charge in [0.2, 0.25) is 5.88 Å². The monoisotopic (exact) mass is 208 g/mol. The largest absolute Gasteiger partial charge is 0.481 e. The summed E-state index contributed by atoms with van der Waals surface area (Å²) in [5.74, 6) is 0.635. The summed E-state index contributed by atoms with van der Waals surface area (Å²) in [5.41, 5.74) is 1.01. The molecule has 2 unspecified atom stereocenters. The first-order valence-corrected chi connectivity index (χ1v) is 5.18. The molecule has 0 amide bonds. The lowest BCUT2D eigenvalue weighted by Gasteiger charge is -2.16. The van der Waals surface area contributed by atoms with E-state index in [-0.39, 0.29) is 6.10 Å². The summed E-state index contributed by atoms with van der Waals surface area (Å²) in [6.07, 6.45) is 3.10. The summed E-state index contributed by atoms with van der Waals surface area (Å²) in [6.45, 7) is 2.92. The van der Waals surface area contributed by atoms with Crippen molar-refractivity contribution in [2.45, 2.75) is 25.5 Å². The molecular formula is C11H16N2O2. The highest BCUT2D eigenvalue weighted by atomic mass is 16.5. The van der Waals surface area contributed by atoms with Gasteiger partial charge in [-0.2, -0.15) is 0 Å². The van der Waals surface area contributed by atoms with Crippen LogP contribution in [0.5, 0.6) is 5.88 Å². The summed E-state index contributed by atoms with van der Waals surface area (Å²) < 4.78 is 10.5. The van der Waals surface area contributed by atoms with E-state index in [9.17, 15) is 0 Å². The van der Waals surface area contributed by atoms with Crippen molar-refractivity contribution in [3.05, 3.63) is 18.3 Å². The first-order valence-electron chi connectivity index (χ1n) is 5.18. The highest BCUT2D eigenvalue weighted by Crippen LogP contribution is 2.19. The fourth-order valence-corrected chi connectivity index (χ4v) is 1.72. The van der Waals surface area contributed by atoms with E-state index in [1.807, 2.05) is 12.1 Å². The van der Waals surface area contributed by atoms with Crippen molar-refractivity contribution in [1.82, 2.24) is 4.98 Å². The van der Waals surface area contributed by atoms with Crippen LogP contribution in [-0.2, 0) is 4.74 Å². The molecule has 4 heteroatoms. The minimum absolute atomic E-state index is 0.270. The Balaban J connectivity index is 1.98. The van der Waals surface area contributed by atoms with Crippen molar-refractivity contribution >= 4 is 5.69 Å². The first-order chi connectivity index (χ1) is 7.29. The topological polar surface area (TPSA) is 43.4 Å². The molecule has 4 nitrogen and oxygen atoms in total. The summed E-state index contributed by atoms with van der Waals surface area (Å²) in [7, 11) is 1.61. The zero-order chi connectivity index (χ0) is 10.7. The lowest BCUT2D eigenvalue weighted by atomic mass is 10.1. The average molecular weight is 208 g/mol. The highest BCUT2D eigenvalue weighted by molar-refractivity contribution is 5.43. The quantitative estimate of drug-likeness (QED) is 0.820. The number of ether oxygens (including phenoxy) is 2. The van der Waals surface area contributed by atoms with Crippen LogP contribution >= 0.6 is 0 Å². The van der Waals surface area contributed by atoms with Crippen molar-refractivity contribution in [2.24, 2.45) is 0 Å². The Kier molecular flexibility index (Phi) is 3.06.